The standard InChI is InChI=1S/C32H54N8O16/c41-24(17-39-14-12-37(18-27(45)46)10-6-33-7-11-38(13-15-39)19-28(47)48)34-8-16-56-21-25(42)40(20-29(49)50)9-2-1-3-22(30(51)52)35-32(55)36-23(31(53)54)4-5-26(43)44/h22-23,33H,1-21H2,(H,34,41)(H,43,44)(H,45,46)(H,47,48)(H,49,50)(H,51,52)(H,53,54)(H2,35,36,55)/t22-,23-/m0/s1. The van der Waals surface area contributed by atoms with Crippen LogP contribution in [0, 0.1) is 0 Å². The number of hydrogen-bond donors (Lipinski definition) is 10. The van der Waals surface area contributed by atoms with Crippen molar-refractivity contribution in [2.75, 3.05) is 105 Å². The Bertz CT molecular complexity index is 1310. The Morgan fingerprint density at radius 3 is 1.64 bits per heavy atom. The third-order valence-corrected chi connectivity index (χ3v) is 8.26. The van der Waals surface area contributed by atoms with Gasteiger partial charge in [0.05, 0.1) is 26.2 Å². The molecule has 1 saturated heterocycles. The molecule has 1 aliphatic rings. The Balaban J connectivity index is 2.60. The fourth-order valence-electron chi connectivity index (χ4n) is 5.38. The Morgan fingerprint density at radius 1 is 0.643 bits per heavy atom. The van der Waals surface area contributed by atoms with Crippen molar-refractivity contribution in [1.82, 2.24) is 40.9 Å². The lowest BCUT2D eigenvalue weighted by molar-refractivity contribution is -0.146. The normalized spacial score (nSPS) is 15.9. The van der Waals surface area contributed by atoms with Crippen LogP contribution in [0.2, 0.25) is 0 Å². The summed E-state index contributed by atoms with van der Waals surface area (Å²) < 4.78 is 5.34. The molecule has 318 valence electrons. The van der Waals surface area contributed by atoms with E-state index in [-0.39, 0.29) is 58.6 Å². The maximum absolute atomic E-state index is 12.8. The summed E-state index contributed by atoms with van der Waals surface area (Å²) in [4.78, 5) is 112. The number of ether oxygens (including phenoxy) is 1. The van der Waals surface area contributed by atoms with E-state index in [9.17, 15) is 68.7 Å². The van der Waals surface area contributed by atoms with E-state index in [4.69, 9.17) is 9.84 Å². The maximum Gasteiger partial charge on any atom is 0.326 e. The van der Waals surface area contributed by atoms with Crippen LogP contribution in [0.25, 0.3) is 0 Å². The highest BCUT2D eigenvalue weighted by molar-refractivity contribution is 5.86. The van der Waals surface area contributed by atoms with Gasteiger partial charge in [0.15, 0.2) is 0 Å². The van der Waals surface area contributed by atoms with Gasteiger partial charge in [-0.15, -0.1) is 0 Å². The molecule has 1 aliphatic heterocycles. The predicted molar refractivity (Wildman–Crippen MR) is 191 cm³/mol. The van der Waals surface area contributed by atoms with Gasteiger partial charge >= 0.3 is 41.8 Å². The number of rotatable bonds is 25. The van der Waals surface area contributed by atoms with Gasteiger partial charge in [0.2, 0.25) is 11.8 Å². The van der Waals surface area contributed by atoms with Gasteiger partial charge in [0.1, 0.15) is 25.2 Å². The zero-order chi connectivity index (χ0) is 42.0. The van der Waals surface area contributed by atoms with Crippen molar-refractivity contribution in [2.24, 2.45) is 0 Å². The van der Waals surface area contributed by atoms with Crippen LogP contribution in [0.3, 0.4) is 0 Å². The number of carbonyl (C=O) groups excluding carboxylic acids is 3. The minimum atomic E-state index is -1.58. The van der Waals surface area contributed by atoms with Crippen LogP contribution >= 0.6 is 0 Å². The largest absolute Gasteiger partial charge is 0.481 e. The highest BCUT2D eigenvalue weighted by Gasteiger charge is 2.25. The van der Waals surface area contributed by atoms with Crippen molar-refractivity contribution in [3.05, 3.63) is 0 Å². The highest BCUT2D eigenvalue weighted by atomic mass is 16.5. The molecule has 0 bridgehead atoms. The molecule has 1 fully saturated rings. The number of carboxylic acids is 6. The second kappa shape index (κ2) is 27.4. The van der Waals surface area contributed by atoms with Gasteiger partial charge in [0, 0.05) is 71.9 Å². The first-order valence-electron chi connectivity index (χ1n) is 17.9. The molecule has 4 amide bonds. The Hall–Kier alpha value is -5.17. The van der Waals surface area contributed by atoms with Crippen molar-refractivity contribution >= 4 is 53.7 Å². The minimum Gasteiger partial charge on any atom is -0.481 e. The number of urea groups is 1. The number of carbonyl (C=O) groups is 9. The molecule has 1 rings (SSSR count). The smallest absolute Gasteiger partial charge is 0.326 e. The van der Waals surface area contributed by atoms with Crippen LogP contribution < -0.4 is 21.3 Å². The molecular weight excluding hydrogens is 752 g/mol. The predicted octanol–water partition coefficient (Wildman–Crippen LogP) is -4.05. The molecule has 24 nitrogen and oxygen atoms in total. The second-order valence-corrected chi connectivity index (χ2v) is 12.8. The van der Waals surface area contributed by atoms with Crippen LogP contribution in [0.1, 0.15) is 32.1 Å². The number of hydrogen-bond acceptors (Lipinski definition) is 14. The van der Waals surface area contributed by atoms with Crippen LogP contribution in [-0.2, 0) is 43.1 Å². The Kier molecular flexibility index (Phi) is 23.9. The molecule has 1 heterocycles. The van der Waals surface area contributed by atoms with E-state index in [1.807, 2.05) is 5.32 Å². The number of aliphatic carboxylic acids is 6. The number of carboxylic acid groups (broad SMARTS) is 6. The van der Waals surface area contributed by atoms with Crippen LogP contribution in [0.15, 0.2) is 0 Å². The summed E-state index contributed by atoms with van der Waals surface area (Å²) in [5.74, 6) is -8.65. The first-order chi connectivity index (χ1) is 26.5. The van der Waals surface area contributed by atoms with Gasteiger partial charge in [-0.25, -0.2) is 14.4 Å². The third kappa shape index (κ3) is 23.6. The molecule has 10 N–H and O–H groups in total. The molecule has 0 saturated carbocycles. The van der Waals surface area contributed by atoms with Crippen molar-refractivity contribution in [3.8, 4) is 0 Å². The van der Waals surface area contributed by atoms with E-state index in [0.29, 0.717) is 52.4 Å². The molecule has 0 aromatic rings. The summed E-state index contributed by atoms with van der Waals surface area (Å²) in [5, 5.41) is 65.2. The lowest BCUT2D eigenvalue weighted by Gasteiger charge is -2.30. The van der Waals surface area contributed by atoms with Crippen molar-refractivity contribution in [2.45, 2.75) is 44.2 Å². The van der Waals surface area contributed by atoms with E-state index in [1.54, 1.807) is 14.7 Å². The second-order valence-electron chi connectivity index (χ2n) is 12.8. The fraction of sp³-hybridized carbons (Fsp3) is 0.719. The van der Waals surface area contributed by atoms with Gasteiger partial charge < -0.3 is 61.5 Å². The SMILES string of the molecule is O=C(O)CC[C@H](NC(=O)N[C@@H](CCCCN(CC(=O)O)C(=O)COCCNC(=O)CN1CCN(CC(=O)O)CCNCCN(CC(=O)O)CC1)C(=O)O)C(=O)O. The summed E-state index contributed by atoms with van der Waals surface area (Å²) >= 11 is 0. The van der Waals surface area contributed by atoms with E-state index in [2.05, 4.69) is 16.0 Å². The first kappa shape index (κ1) is 48.8. The van der Waals surface area contributed by atoms with Gasteiger partial charge in [-0.05, 0) is 25.7 Å². The number of amides is 4. The van der Waals surface area contributed by atoms with Crippen molar-refractivity contribution < 1.29 is 78.5 Å². The van der Waals surface area contributed by atoms with Crippen LogP contribution in [-0.4, -0.2) is 221 Å². The van der Waals surface area contributed by atoms with Crippen LogP contribution in [0.4, 0.5) is 4.79 Å². The summed E-state index contributed by atoms with van der Waals surface area (Å²) in [6.07, 6.45) is -0.944. The molecule has 0 radical (unpaired) electrons. The molecular formula is C32H54N8O16. The topological polar surface area (TPSA) is 345 Å². The fourth-order valence-corrected chi connectivity index (χ4v) is 5.38. The van der Waals surface area contributed by atoms with E-state index < -0.39 is 91.7 Å². The van der Waals surface area contributed by atoms with Gasteiger partial charge in [-0.1, -0.05) is 0 Å². The quantitative estimate of drug-likeness (QED) is 0.0392. The molecule has 24 heteroatoms. The highest BCUT2D eigenvalue weighted by Crippen LogP contribution is 2.06. The first-order valence-corrected chi connectivity index (χ1v) is 17.9. The summed E-state index contributed by atoms with van der Waals surface area (Å²) in [6, 6.07) is -4.20. The monoisotopic (exact) mass is 806 g/mol. The molecule has 0 unspecified atom stereocenters. The zero-order valence-electron chi connectivity index (χ0n) is 31.1. The molecule has 0 aliphatic carbocycles. The number of nitrogens with zero attached hydrogens (tertiary/aromatic N) is 4. The Morgan fingerprint density at radius 2 is 1.16 bits per heavy atom. The lowest BCUT2D eigenvalue weighted by atomic mass is 10.1. The molecule has 0 spiro atoms. The molecule has 2 atom stereocenters. The van der Waals surface area contributed by atoms with Crippen molar-refractivity contribution in [3.63, 3.8) is 0 Å². The summed E-state index contributed by atoms with van der Waals surface area (Å²) in [7, 11) is 0. The van der Waals surface area contributed by atoms with Gasteiger partial charge in [0.25, 0.3) is 0 Å². The molecule has 56 heavy (non-hydrogen) atoms. The average Bonchev–Trinajstić information content (AvgIpc) is 3.09. The minimum absolute atomic E-state index is 0.00917. The van der Waals surface area contributed by atoms with Gasteiger partial charge in [-0.3, -0.25) is 43.5 Å². The van der Waals surface area contributed by atoms with Crippen LogP contribution in [0.5, 0.6) is 0 Å². The average molecular weight is 807 g/mol. The van der Waals surface area contributed by atoms with Crippen molar-refractivity contribution in [1.29, 1.82) is 0 Å². The molecule has 0 aromatic heterocycles. The van der Waals surface area contributed by atoms with Gasteiger partial charge in [-0.2, -0.15) is 0 Å². The third-order valence-electron chi connectivity index (χ3n) is 8.26. The maximum atomic E-state index is 12.8. The number of unbranched alkanes of at least 4 members (excludes halogenated alkanes) is 1. The van der Waals surface area contributed by atoms with E-state index >= 15 is 0 Å². The summed E-state index contributed by atoms with van der Waals surface area (Å²) in [5.41, 5.74) is 0. The molecule has 0 aromatic carbocycles. The van der Waals surface area contributed by atoms with E-state index in [1.165, 1.54) is 0 Å². The van der Waals surface area contributed by atoms with E-state index in [0.717, 1.165) is 4.90 Å². The Labute approximate surface area is 322 Å². The zero-order valence-corrected chi connectivity index (χ0v) is 31.1. The summed E-state index contributed by atoms with van der Waals surface area (Å²) in [6.45, 7) is 1.32. The number of nitrogens with one attached hydrogen (secondary N) is 4. The lowest BCUT2D eigenvalue weighted by Crippen LogP contribution is -2.51.